The highest BCUT2D eigenvalue weighted by Gasteiger charge is 2.07. The molecule has 0 saturated carbocycles. The molecule has 0 bridgehead atoms. The maximum Gasteiger partial charge on any atom is 0.150 e. The van der Waals surface area contributed by atoms with E-state index < -0.39 is 0 Å². The summed E-state index contributed by atoms with van der Waals surface area (Å²) >= 11 is 0. The zero-order valence-corrected chi connectivity index (χ0v) is 4.41. The molecule has 1 heterocycles. The molecule has 1 rings (SSSR count). The first-order chi connectivity index (χ1) is 3.93. The van der Waals surface area contributed by atoms with Crippen LogP contribution in [0, 0.1) is 0 Å². The fourth-order valence-corrected chi connectivity index (χ4v) is 0.533. The Balaban J connectivity index is 2.37. The average molecular weight is 113 g/mol. The lowest BCUT2D eigenvalue weighted by Crippen LogP contribution is -2.23. The molecular weight excluding hydrogens is 106 g/mol. The third-order valence-electron chi connectivity index (χ3n) is 0.951. The van der Waals surface area contributed by atoms with Crippen molar-refractivity contribution in [2.75, 3.05) is 13.2 Å². The van der Waals surface area contributed by atoms with Gasteiger partial charge in [0, 0.05) is 6.21 Å². The minimum Gasteiger partial charge on any atom is -0.363 e. The fourth-order valence-electron chi connectivity index (χ4n) is 0.533. The Bertz CT molecular complexity index is 111. The predicted molar refractivity (Wildman–Crippen MR) is 29.2 cm³/mol. The van der Waals surface area contributed by atoms with Gasteiger partial charge in [-0.3, -0.25) is 4.99 Å². The summed E-state index contributed by atoms with van der Waals surface area (Å²) in [5.74, 6) is 0. The maximum atomic E-state index is 9.96. The molecule has 3 nitrogen and oxygen atoms in total. The van der Waals surface area contributed by atoms with Gasteiger partial charge < -0.3 is 9.53 Å². The van der Waals surface area contributed by atoms with Crippen LogP contribution in [-0.4, -0.2) is 31.8 Å². The van der Waals surface area contributed by atoms with Crippen LogP contribution in [-0.2, 0) is 9.53 Å². The maximum absolute atomic E-state index is 9.96. The second-order valence-electron chi connectivity index (χ2n) is 1.56. The number of carbonyl (C=O) groups excluding carboxylic acids is 1. The van der Waals surface area contributed by atoms with Crippen LogP contribution in [0.4, 0.5) is 0 Å². The summed E-state index contributed by atoms with van der Waals surface area (Å²) in [6.07, 6.45) is 2.15. The monoisotopic (exact) mass is 113 g/mol. The van der Waals surface area contributed by atoms with Crippen molar-refractivity contribution in [1.29, 1.82) is 0 Å². The quantitative estimate of drug-likeness (QED) is 0.436. The van der Waals surface area contributed by atoms with Gasteiger partial charge in [-0.05, 0) is 0 Å². The predicted octanol–water partition coefficient (Wildman–Crippen LogP) is -0.345. The van der Waals surface area contributed by atoms with Gasteiger partial charge in [0.25, 0.3) is 0 Å². The van der Waals surface area contributed by atoms with Gasteiger partial charge in [-0.25, -0.2) is 0 Å². The van der Waals surface area contributed by atoms with Crippen molar-refractivity contribution in [1.82, 2.24) is 0 Å². The minimum absolute atomic E-state index is 0.292. The molecule has 0 aromatic carbocycles. The summed E-state index contributed by atoms with van der Waals surface area (Å²) in [5, 5.41) is 0. The molecule has 3 heteroatoms. The highest BCUT2D eigenvalue weighted by atomic mass is 16.5. The highest BCUT2D eigenvalue weighted by molar-refractivity contribution is 5.63. The molecule has 1 aliphatic rings. The lowest BCUT2D eigenvalue weighted by molar-refractivity contribution is -0.116. The van der Waals surface area contributed by atoms with Crippen molar-refractivity contribution in [3.63, 3.8) is 0 Å². The van der Waals surface area contributed by atoms with Crippen LogP contribution in [0.2, 0.25) is 0 Å². The molecule has 0 aliphatic carbocycles. The van der Waals surface area contributed by atoms with Crippen molar-refractivity contribution in [3.8, 4) is 0 Å². The van der Waals surface area contributed by atoms with E-state index in [2.05, 4.69) is 4.99 Å². The normalized spacial score (nSPS) is 27.8. The Morgan fingerprint density at radius 1 is 1.88 bits per heavy atom. The molecule has 1 aliphatic heterocycles. The second kappa shape index (κ2) is 2.57. The van der Waals surface area contributed by atoms with E-state index >= 15 is 0 Å². The molecule has 0 radical (unpaired) electrons. The number of nitrogens with zero attached hydrogens (tertiary/aromatic N) is 1. The number of aldehydes is 1. The number of hydrogen-bond donors (Lipinski definition) is 0. The zero-order chi connectivity index (χ0) is 5.82. The van der Waals surface area contributed by atoms with E-state index in [9.17, 15) is 4.79 Å². The summed E-state index contributed by atoms with van der Waals surface area (Å²) in [7, 11) is 0. The molecule has 44 valence electrons. The van der Waals surface area contributed by atoms with E-state index in [0.717, 1.165) is 6.29 Å². The standard InChI is InChI=1S/C5H7NO2/c7-4-5-3-6-1-2-8-5/h1,4-5H,2-3H2. The molecule has 0 spiro atoms. The van der Waals surface area contributed by atoms with Crippen LogP contribution >= 0.6 is 0 Å². The van der Waals surface area contributed by atoms with Gasteiger partial charge in [-0.2, -0.15) is 0 Å². The number of aliphatic imine (C=N–C) groups is 1. The highest BCUT2D eigenvalue weighted by Crippen LogP contribution is 1.92. The molecule has 0 aromatic heterocycles. The van der Waals surface area contributed by atoms with Crippen LogP contribution in [0.1, 0.15) is 0 Å². The van der Waals surface area contributed by atoms with Crippen molar-refractivity contribution >= 4 is 12.5 Å². The summed E-state index contributed by atoms with van der Waals surface area (Å²) in [4.78, 5) is 13.8. The molecule has 0 saturated heterocycles. The zero-order valence-electron chi connectivity index (χ0n) is 4.41. The minimum atomic E-state index is -0.292. The Hall–Kier alpha value is -0.700. The molecule has 0 N–H and O–H groups in total. The number of ether oxygens (including phenoxy) is 1. The Morgan fingerprint density at radius 3 is 3.12 bits per heavy atom. The van der Waals surface area contributed by atoms with Crippen LogP contribution in [0.3, 0.4) is 0 Å². The Kier molecular flexibility index (Phi) is 1.75. The third-order valence-corrected chi connectivity index (χ3v) is 0.951. The van der Waals surface area contributed by atoms with E-state index in [4.69, 9.17) is 4.74 Å². The summed E-state index contributed by atoms with van der Waals surface area (Å²) in [5.41, 5.74) is 0. The van der Waals surface area contributed by atoms with Crippen LogP contribution in [0.15, 0.2) is 4.99 Å². The van der Waals surface area contributed by atoms with E-state index in [1.807, 2.05) is 0 Å². The molecule has 1 unspecified atom stereocenters. The van der Waals surface area contributed by atoms with Crippen molar-refractivity contribution in [3.05, 3.63) is 0 Å². The first-order valence-corrected chi connectivity index (χ1v) is 2.48. The van der Waals surface area contributed by atoms with Gasteiger partial charge in [0.1, 0.15) is 6.10 Å². The summed E-state index contributed by atoms with van der Waals surface area (Å²) < 4.78 is 4.91. The van der Waals surface area contributed by atoms with E-state index in [0.29, 0.717) is 13.2 Å². The van der Waals surface area contributed by atoms with Crippen LogP contribution in [0.25, 0.3) is 0 Å². The molecule has 8 heavy (non-hydrogen) atoms. The van der Waals surface area contributed by atoms with Gasteiger partial charge in [-0.15, -0.1) is 0 Å². The topological polar surface area (TPSA) is 38.7 Å². The fraction of sp³-hybridized carbons (Fsp3) is 0.600. The lowest BCUT2D eigenvalue weighted by atomic mass is 10.4. The van der Waals surface area contributed by atoms with Gasteiger partial charge in [0.15, 0.2) is 6.29 Å². The Morgan fingerprint density at radius 2 is 2.75 bits per heavy atom. The first kappa shape index (κ1) is 5.44. The van der Waals surface area contributed by atoms with Crippen molar-refractivity contribution in [2.45, 2.75) is 6.10 Å². The first-order valence-electron chi connectivity index (χ1n) is 2.48. The van der Waals surface area contributed by atoms with E-state index in [-0.39, 0.29) is 6.10 Å². The van der Waals surface area contributed by atoms with Gasteiger partial charge in [-0.1, -0.05) is 0 Å². The summed E-state index contributed by atoms with van der Waals surface area (Å²) in [6.45, 7) is 0.965. The molecule has 0 fully saturated rings. The lowest BCUT2D eigenvalue weighted by Gasteiger charge is -2.10. The van der Waals surface area contributed by atoms with E-state index in [1.54, 1.807) is 6.21 Å². The van der Waals surface area contributed by atoms with Gasteiger partial charge >= 0.3 is 0 Å². The molecular formula is C5H7NO2. The third kappa shape index (κ3) is 1.13. The largest absolute Gasteiger partial charge is 0.363 e. The molecule has 0 aromatic rings. The smallest absolute Gasteiger partial charge is 0.150 e. The van der Waals surface area contributed by atoms with Crippen molar-refractivity contribution in [2.24, 2.45) is 4.99 Å². The molecule has 1 atom stereocenters. The number of hydrogen-bond acceptors (Lipinski definition) is 3. The van der Waals surface area contributed by atoms with Crippen LogP contribution < -0.4 is 0 Å². The summed E-state index contributed by atoms with van der Waals surface area (Å²) in [6, 6.07) is 0. The number of carbonyl (C=O) groups is 1. The van der Waals surface area contributed by atoms with E-state index in [1.165, 1.54) is 0 Å². The van der Waals surface area contributed by atoms with Gasteiger partial charge in [0.05, 0.1) is 13.2 Å². The van der Waals surface area contributed by atoms with Crippen molar-refractivity contribution < 1.29 is 9.53 Å². The molecule has 0 amide bonds. The van der Waals surface area contributed by atoms with Gasteiger partial charge in [0.2, 0.25) is 0 Å². The second-order valence-corrected chi connectivity index (χ2v) is 1.56. The number of rotatable bonds is 1. The van der Waals surface area contributed by atoms with Crippen LogP contribution in [0.5, 0.6) is 0 Å². The SMILES string of the molecule is O=CC1CN=CCO1. The Labute approximate surface area is 47.4 Å². The average Bonchev–Trinajstić information content (AvgIpc) is 1.90.